The molecule has 2 aliphatic heterocycles. The van der Waals surface area contributed by atoms with Gasteiger partial charge in [-0.05, 0) is 84.2 Å². The summed E-state index contributed by atoms with van der Waals surface area (Å²) in [5, 5.41) is 3.77. The average Bonchev–Trinajstić information content (AvgIpc) is 3.04. The maximum Gasteiger partial charge on any atom is 0.407 e. The lowest BCUT2D eigenvalue weighted by atomic mass is 10.1. The number of carbonyl (C=O) groups is 1. The maximum absolute atomic E-state index is 11.9. The number of morpholine rings is 2. The number of aromatic nitrogens is 3. The van der Waals surface area contributed by atoms with Gasteiger partial charge >= 0.3 is 6.09 Å². The summed E-state index contributed by atoms with van der Waals surface area (Å²) in [6, 6.07) is 10.3. The number of ether oxygens (including phenoxy) is 4. The molecule has 256 valence electrons. The molecule has 2 unspecified atom stereocenters. The van der Waals surface area contributed by atoms with E-state index in [1.54, 1.807) is 7.11 Å². The van der Waals surface area contributed by atoms with Crippen molar-refractivity contribution >= 4 is 34.6 Å². The number of methoxy groups -OCH3 is 1. The van der Waals surface area contributed by atoms with Crippen molar-refractivity contribution in [2.75, 3.05) is 81.3 Å². The summed E-state index contributed by atoms with van der Waals surface area (Å²) in [6.07, 6.45) is 2.63. The van der Waals surface area contributed by atoms with Gasteiger partial charge in [0.25, 0.3) is 0 Å². The Morgan fingerprint density at radius 1 is 1.00 bits per heavy atom. The number of anilines is 3. The number of rotatable bonds is 11. The normalized spacial score (nSPS) is 18.7. The van der Waals surface area contributed by atoms with Crippen LogP contribution in [0.3, 0.4) is 0 Å². The highest BCUT2D eigenvalue weighted by Gasteiger charge is 2.27. The van der Waals surface area contributed by atoms with Crippen molar-refractivity contribution in [2.45, 2.75) is 71.7 Å². The molecule has 0 saturated carbocycles. The predicted molar refractivity (Wildman–Crippen MR) is 186 cm³/mol. The topological polar surface area (TPSA) is 114 Å². The molecular weight excluding hydrogens is 598 g/mol. The standard InChI is InChI=1S/C35H51N7O5/c1-24-22-42(23-25(2)46-24)33-38-31-27(32(39-33)41-17-19-45-20-18-41)12-13-28(37-31)26-11-14-30(44-7)29(21-26)40(6)16-10-8-9-15-36-34(43)47-35(3,4)5/h11-14,21,24-25H,8-10,15-20,22-23H2,1-7H3,(H,36,43). The van der Waals surface area contributed by atoms with E-state index < -0.39 is 5.60 Å². The number of unbranched alkanes of at least 4 members (excludes halogenated alkanes) is 2. The van der Waals surface area contributed by atoms with Gasteiger partial charge in [0.05, 0.1) is 49.3 Å². The van der Waals surface area contributed by atoms with Crippen molar-refractivity contribution in [1.29, 1.82) is 0 Å². The number of nitrogens with zero attached hydrogens (tertiary/aromatic N) is 6. The van der Waals surface area contributed by atoms with E-state index in [-0.39, 0.29) is 18.3 Å². The van der Waals surface area contributed by atoms with E-state index in [1.807, 2.05) is 32.9 Å². The van der Waals surface area contributed by atoms with Crippen LogP contribution in [-0.4, -0.2) is 105 Å². The molecule has 3 aromatic rings. The lowest BCUT2D eigenvalue weighted by Crippen LogP contribution is -2.46. The van der Waals surface area contributed by atoms with Crippen molar-refractivity contribution in [3.63, 3.8) is 0 Å². The zero-order valence-electron chi connectivity index (χ0n) is 29.0. The summed E-state index contributed by atoms with van der Waals surface area (Å²) in [7, 11) is 3.77. The second-order valence-electron chi connectivity index (χ2n) is 13.5. The van der Waals surface area contributed by atoms with Crippen molar-refractivity contribution in [3.05, 3.63) is 30.3 Å². The van der Waals surface area contributed by atoms with Crippen LogP contribution in [0.4, 0.5) is 22.2 Å². The Kier molecular flexibility index (Phi) is 11.2. The number of benzene rings is 1. The highest BCUT2D eigenvalue weighted by Crippen LogP contribution is 2.34. The third-order valence-electron chi connectivity index (χ3n) is 8.27. The number of carbonyl (C=O) groups excluding carboxylic acids is 1. The van der Waals surface area contributed by atoms with Gasteiger partial charge in [-0.25, -0.2) is 9.78 Å². The maximum atomic E-state index is 11.9. The molecule has 5 rings (SSSR count). The van der Waals surface area contributed by atoms with Crippen LogP contribution in [0.5, 0.6) is 5.75 Å². The highest BCUT2D eigenvalue weighted by atomic mass is 16.6. The zero-order valence-corrected chi connectivity index (χ0v) is 29.0. The van der Waals surface area contributed by atoms with E-state index in [4.69, 9.17) is 33.9 Å². The van der Waals surface area contributed by atoms with Crippen LogP contribution in [0, 0.1) is 0 Å². The molecule has 12 nitrogen and oxygen atoms in total. The Labute approximate surface area is 278 Å². The Balaban J connectivity index is 1.34. The molecule has 1 N–H and O–H groups in total. The van der Waals surface area contributed by atoms with Crippen molar-refractivity contribution in [1.82, 2.24) is 20.3 Å². The van der Waals surface area contributed by atoms with Crippen LogP contribution in [-0.2, 0) is 14.2 Å². The van der Waals surface area contributed by atoms with E-state index in [9.17, 15) is 4.79 Å². The Morgan fingerprint density at radius 2 is 1.74 bits per heavy atom. The Hall–Kier alpha value is -3.90. The molecule has 0 radical (unpaired) electrons. The summed E-state index contributed by atoms with van der Waals surface area (Å²) in [4.78, 5) is 33.8. The SMILES string of the molecule is COc1ccc(-c2ccc3c(N4CCOCC4)nc(N4CC(C)OC(C)C4)nc3n2)cc1N(C)CCCCCNC(=O)OC(C)(C)C. The monoisotopic (exact) mass is 649 g/mol. The second-order valence-corrected chi connectivity index (χ2v) is 13.5. The van der Waals surface area contributed by atoms with Crippen molar-refractivity contribution < 1.29 is 23.7 Å². The first kappa shape index (κ1) is 34.4. The lowest BCUT2D eigenvalue weighted by Gasteiger charge is -2.36. The smallest absolute Gasteiger partial charge is 0.407 e. The third kappa shape index (κ3) is 9.13. The number of fused-ring (bicyclic) bond motifs is 1. The quantitative estimate of drug-likeness (QED) is 0.274. The molecule has 2 aliphatic rings. The fourth-order valence-corrected chi connectivity index (χ4v) is 6.07. The fraction of sp³-hybridized carbons (Fsp3) is 0.600. The molecule has 0 aliphatic carbocycles. The number of hydrogen-bond acceptors (Lipinski definition) is 11. The van der Waals surface area contributed by atoms with Gasteiger partial charge in [-0.1, -0.05) is 0 Å². The summed E-state index contributed by atoms with van der Waals surface area (Å²) in [6.45, 7) is 15.5. The van der Waals surface area contributed by atoms with Crippen LogP contribution in [0.2, 0.25) is 0 Å². The van der Waals surface area contributed by atoms with Crippen LogP contribution in [0.1, 0.15) is 53.9 Å². The van der Waals surface area contributed by atoms with Crippen LogP contribution in [0.25, 0.3) is 22.3 Å². The third-order valence-corrected chi connectivity index (χ3v) is 8.27. The molecule has 2 atom stereocenters. The minimum Gasteiger partial charge on any atom is -0.495 e. The minimum atomic E-state index is -0.494. The van der Waals surface area contributed by atoms with Gasteiger partial charge in [-0.2, -0.15) is 9.97 Å². The fourth-order valence-electron chi connectivity index (χ4n) is 6.07. The van der Waals surface area contributed by atoms with Gasteiger partial charge in [0, 0.05) is 51.9 Å². The number of amides is 1. The van der Waals surface area contributed by atoms with E-state index in [2.05, 4.69) is 59.1 Å². The highest BCUT2D eigenvalue weighted by molar-refractivity contribution is 5.90. The molecular formula is C35H51N7O5. The summed E-state index contributed by atoms with van der Waals surface area (Å²) >= 11 is 0. The molecule has 2 fully saturated rings. The first-order valence-electron chi connectivity index (χ1n) is 16.8. The van der Waals surface area contributed by atoms with Gasteiger partial charge in [0.2, 0.25) is 5.95 Å². The van der Waals surface area contributed by atoms with Crippen molar-refractivity contribution in [3.8, 4) is 17.0 Å². The van der Waals surface area contributed by atoms with Gasteiger partial charge < -0.3 is 39.0 Å². The predicted octanol–water partition coefficient (Wildman–Crippen LogP) is 5.28. The van der Waals surface area contributed by atoms with Crippen LogP contribution < -0.4 is 24.8 Å². The minimum absolute atomic E-state index is 0.0905. The molecule has 2 saturated heterocycles. The van der Waals surface area contributed by atoms with E-state index >= 15 is 0 Å². The van der Waals surface area contributed by atoms with Gasteiger partial charge in [-0.15, -0.1) is 0 Å². The van der Waals surface area contributed by atoms with Gasteiger partial charge in [0.15, 0.2) is 5.65 Å². The molecule has 1 aromatic carbocycles. The zero-order chi connectivity index (χ0) is 33.6. The van der Waals surface area contributed by atoms with E-state index in [1.165, 1.54) is 0 Å². The summed E-state index contributed by atoms with van der Waals surface area (Å²) < 4.78 is 22.7. The van der Waals surface area contributed by atoms with Crippen LogP contribution in [0.15, 0.2) is 30.3 Å². The summed E-state index contributed by atoms with van der Waals surface area (Å²) in [5.74, 6) is 2.39. The number of pyridine rings is 1. The Bertz CT molecular complexity index is 1500. The lowest BCUT2D eigenvalue weighted by molar-refractivity contribution is -0.00570. The number of alkyl carbamates (subject to hydrolysis) is 1. The second kappa shape index (κ2) is 15.3. The number of nitrogens with one attached hydrogen (secondary N) is 1. The molecule has 0 spiro atoms. The molecule has 4 heterocycles. The largest absolute Gasteiger partial charge is 0.495 e. The molecule has 1 amide bonds. The summed E-state index contributed by atoms with van der Waals surface area (Å²) in [5.41, 5.74) is 2.99. The van der Waals surface area contributed by atoms with Crippen LogP contribution >= 0.6 is 0 Å². The molecule has 2 aromatic heterocycles. The van der Waals surface area contributed by atoms with Crippen molar-refractivity contribution in [2.24, 2.45) is 0 Å². The molecule has 0 bridgehead atoms. The molecule has 47 heavy (non-hydrogen) atoms. The van der Waals surface area contributed by atoms with Gasteiger partial charge in [-0.3, -0.25) is 0 Å². The van der Waals surface area contributed by atoms with E-state index in [0.29, 0.717) is 31.4 Å². The Morgan fingerprint density at radius 3 is 2.45 bits per heavy atom. The first-order valence-corrected chi connectivity index (χ1v) is 16.8. The average molecular weight is 650 g/mol. The molecule has 12 heteroatoms. The van der Waals surface area contributed by atoms with Gasteiger partial charge in [0.1, 0.15) is 17.2 Å². The number of hydrogen-bond donors (Lipinski definition) is 1. The first-order chi connectivity index (χ1) is 22.5. The van der Waals surface area contributed by atoms with E-state index in [0.717, 1.165) is 85.9 Å².